The fourth-order valence-corrected chi connectivity index (χ4v) is 2.54. The summed E-state index contributed by atoms with van der Waals surface area (Å²) in [4.78, 5) is 14.6. The highest BCUT2D eigenvalue weighted by Gasteiger charge is 2.10. The maximum absolute atomic E-state index is 11.2. The Balaban J connectivity index is 2.05. The third-order valence-electron chi connectivity index (χ3n) is 3.54. The number of carbonyl (C=O) groups is 1. The van der Waals surface area contributed by atoms with Crippen molar-refractivity contribution >= 4 is 22.4 Å². The van der Waals surface area contributed by atoms with Gasteiger partial charge in [-0.3, -0.25) is 4.79 Å². The summed E-state index contributed by atoms with van der Waals surface area (Å²) in [5.74, 6) is -0.378. The van der Waals surface area contributed by atoms with Crippen molar-refractivity contribution in [1.29, 1.82) is 0 Å². The number of benzene rings is 1. The molecule has 3 rings (SSSR count). The van der Waals surface area contributed by atoms with Crippen molar-refractivity contribution in [2.75, 3.05) is 0 Å². The van der Waals surface area contributed by atoms with Gasteiger partial charge in [0.15, 0.2) is 0 Å². The van der Waals surface area contributed by atoms with Crippen LogP contribution in [0.2, 0.25) is 0 Å². The number of nitrogens with one attached hydrogen (secondary N) is 1. The van der Waals surface area contributed by atoms with Gasteiger partial charge in [0.05, 0.1) is 0 Å². The summed E-state index contributed by atoms with van der Waals surface area (Å²) in [6, 6.07) is 7.64. The van der Waals surface area contributed by atoms with Gasteiger partial charge >= 0.3 is 0 Å². The van der Waals surface area contributed by atoms with Crippen LogP contribution in [0.3, 0.4) is 0 Å². The van der Waals surface area contributed by atoms with Gasteiger partial charge in [-0.2, -0.15) is 0 Å². The summed E-state index contributed by atoms with van der Waals surface area (Å²) in [7, 11) is 0. The molecule has 3 N–H and O–H groups in total. The Bertz CT molecular complexity index is 637. The average molecular weight is 240 g/mol. The number of aromatic amines is 1. The molecule has 1 aromatic heterocycles. The van der Waals surface area contributed by atoms with Crippen LogP contribution in [0.5, 0.6) is 0 Å². The van der Waals surface area contributed by atoms with Gasteiger partial charge in [-0.1, -0.05) is 6.08 Å². The second kappa shape index (κ2) is 4.33. The van der Waals surface area contributed by atoms with E-state index in [1.807, 2.05) is 12.1 Å². The third-order valence-corrected chi connectivity index (χ3v) is 3.54. The molecule has 92 valence electrons. The molecule has 0 spiro atoms. The fraction of sp³-hybridized carbons (Fsp3) is 0.267. The standard InChI is InChI=1S/C15H16N2O/c16-15(18)11-6-7-13-12(8-11)9-14(17-13)10-4-2-1-3-5-10/h4,6-9,17H,1-3,5H2,(H2,16,18). The molecule has 0 saturated heterocycles. The van der Waals surface area contributed by atoms with E-state index in [0.717, 1.165) is 23.7 Å². The highest BCUT2D eigenvalue weighted by atomic mass is 16.1. The molecular weight excluding hydrogens is 224 g/mol. The maximum Gasteiger partial charge on any atom is 0.248 e. The van der Waals surface area contributed by atoms with Crippen LogP contribution in [-0.2, 0) is 0 Å². The van der Waals surface area contributed by atoms with Gasteiger partial charge < -0.3 is 10.7 Å². The van der Waals surface area contributed by atoms with Crippen LogP contribution in [0.25, 0.3) is 16.5 Å². The van der Waals surface area contributed by atoms with E-state index >= 15 is 0 Å². The zero-order valence-electron chi connectivity index (χ0n) is 10.2. The van der Waals surface area contributed by atoms with E-state index in [2.05, 4.69) is 17.1 Å². The Labute approximate surface area is 106 Å². The Kier molecular flexibility index (Phi) is 2.67. The SMILES string of the molecule is NC(=O)c1ccc2[nH]c(C3=CCCCC3)cc2c1. The van der Waals surface area contributed by atoms with Gasteiger partial charge in [-0.15, -0.1) is 0 Å². The molecule has 0 atom stereocenters. The van der Waals surface area contributed by atoms with Crippen LogP contribution in [-0.4, -0.2) is 10.9 Å². The van der Waals surface area contributed by atoms with Crippen LogP contribution in [0.4, 0.5) is 0 Å². The molecule has 1 aliphatic carbocycles. The van der Waals surface area contributed by atoms with Gasteiger partial charge in [0.25, 0.3) is 0 Å². The van der Waals surface area contributed by atoms with Crippen LogP contribution in [0.15, 0.2) is 30.3 Å². The highest BCUT2D eigenvalue weighted by molar-refractivity contribution is 5.97. The van der Waals surface area contributed by atoms with Crippen molar-refractivity contribution in [3.05, 3.63) is 41.6 Å². The van der Waals surface area contributed by atoms with Crippen LogP contribution >= 0.6 is 0 Å². The number of H-pyrrole nitrogens is 1. The van der Waals surface area contributed by atoms with Crippen LogP contribution in [0.1, 0.15) is 41.7 Å². The van der Waals surface area contributed by atoms with E-state index in [-0.39, 0.29) is 5.91 Å². The van der Waals surface area contributed by atoms with Crippen LogP contribution < -0.4 is 5.73 Å². The molecule has 2 aromatic rings. The molecule has 1 amide bonds. The minimum Gasteiger partial charge on any atom is -0.366 e. The highest BCUT2D eigenvalue weighted by Crippen LogP contribution is 2.28. The van der Waals surface area contributed by atoms with Gasteiger partial charge in [-0.05, 0) is 55.5 Å². The minimum absolute atomic E-state index is 0.378. The molecule has 0 fully saturated rings. The Morgan fingerprint density at radius 3 is 2.83 bits per heavy atom. The number of carbonyl (C=O) groups excluding carboxylic acids is 1. The van der Waals surface area contributed by atoms with E-state index in [1.54, 1.807) is 6.07 Å². The quantitative estimate of drug-likeness (QED) is 0.831. The molecule has 0 saturated carbocycles. The van der Waals surface area contributed by atoms with Gasteiger partial charge in [0, 0.05) is 22.2 Å². The van der Waals surface area contributed by atoms with Gasteiger partial charge in [0.2, 0.25) is 5.91 Å². The number of primary amides is 1. The molecule has 0 radical (unpaired) electrons. The number of fused-ring (bicyclic) bond motifs is 1. The van der Waals surface area contributed by atoms with Crippen molar-refractivity contribution in [3.63, 3.8) is 0 Å². The van der Waals surface area contributed by atoms with E-state index in [9.17, 15) is 4.79 Å². The second-order valence-electron chi connectivity index (χ2n) is 4.82. The first-order chi connectivity index (χ1) is 8.74. The number of rotatable bonds is 2. The molecule has 1 aromatic carbocycles. The molecular formula is C15H16N2O. The third kappa shape index (κ3) is 1.92. The topological polar surface area (TPSA) is 58.9 Å². The molecule has 0 aliphatic heterocycles. The smallest absolute Gasteiger partial charge is 0.248 e. The first-order valence-corrected chi connectivity index (χ1v) is 6.36. The summed E-state index contributed by atoms with van der Waals surface area (Å²) in [5, 5.41) is 1.05. The summed E-state index contributed by atoms with van der Waals surface area (Å²) in [6.45, 7) is 0. The zero-order chi connectivity index (χ0) is 12.5. The summed E-state index contributed by atoms with van der Waals surface area (Å²) < 4.78 is 0. The predicted octanol–water partition coefficient (Wildman–Crippen LogP) is 3.22. The lowest BCUT2D eigenvalue weighted by molar-refractivity contribution is 0.100. The van der Waals surface area contributed by atoms with E-state index < -0.39 is 0 Å². The lowest BCUT2D eigenvalue weighted by atomic mass is 9.97. The molecule has 0 unspecified atom stereocenters. The number of aromatic nitrogens is 1. The van der Waals surface area contributed by atoms with Crippen LogP contribution in [0, 0.1) is 0 Å². The molecule has 1 heterocycles. The van der Waals surface area contributed by atoms with Gasteiger partial charge in [0.1, 0.15) is 0 Å². The average Bonchev–Trinajstić information content (AvgIpc) is 2.82. The van der Waals surface area contributed by atoms with Crippen molar-refractivity contribution in [1.82, 2.24) is 4.98 Å². The zero-order valence-corrected chi connectivity index (χ0v) is 10.2. The summed E-state index contributed by atoms with van der Waals surface area (Å²) in [5.41, 5.74) is 9.47. The Morgan fingerprint density at radius 2 is 2.11 bits per heavy atom. The number of amides is 1. The van der Waals surface area contributed by atoms with E-state index in [0.29, 0.717) is 5.56 Å². The monoisotopic (exact) mass is 240 g/mol. The number of nitrogens with two attached hydrogens (primary N) is 1. The lowest BCUT2D eigenvalue weighted by Gasteiger charge is -2.10. The molecule has 18 heavy (non-hydrogen) atoms. The first-order valence-electron chi connectivity index (χ1n) is 6.36. The minimum atomic E-state index is -0.378. The Morgan fingerprint density at radius 1 is 1.22 bits per heavy atom. The predicted molar refractivity (Wildman–Crippen MR) is 73.3 cm³/mol. The second-order valence-corrected chi connectivity index (χ2v) is 4.82. The van der Waals surface area contributed by atoms with Gasteiger partial charge in [-0.25, -0.2) is 0 Å². The van der Waals surface area contributed by atoms with Crippen molar-refractivity contribution in [2.24, 2.45) is 5.73 Å². The number of hydrogen-bond acceptors (Lipinski definition) is 1. The fourth-order valence-electron chi connectivity index (χ4n) is 2.54. The molecule has 0 bridgehead atoms. The summed E-state index contributed by atoms with van der Waals surface area (Å²) in [6.07, 6.45) is 7.15. The number of hydrogen-bond donors (Lipinski definition) is 2. The first kappa shape index (κ1) is 11.1. The summed E-state index contributed by atoms with van der Waals surface area (Å²) >= 11 is 0. The molecule has 3 heteroatoms. The van der Waals surface area contributed by atoms with Crippen molar-refractivity contribution in [2.45, 2.75) is 25.7 Å². The largest absolute Gasteiger partial charge is 0.366 e. The molecule has 3 nitrogen and oxygen atoms in total. The lowest BCUT2D eigenvalue weighted by Crippen LogP contribution is -2.10. The van der Waals surface area contributed by atoms with Crippen molar-refractivity contribution < 1.29 is 4.79 Å². The van der Waals surface area contributed by atoms with E-state index in [1.165, 1.54) is 24.1 Å². The van der Waals surface area contributed by atoms with Crippen molar-refractivity contribution in [3.8, 4) is 0 Å². The Hall–Kier alpha value is -2.03. The normalized spacial score (nSPS) is 15.7. The maximum atomic E-state index is 11.2. The molecule has 1 aliphatic rings. The van der Waals surface area contributed by atoms with E-state index in [4.69, 9.17) is 5.73 Å². The number of allylic oxidation sites excluding steroid dienone is 2.